The van der Waals surface area contributed by atoms with Crippen LogP contribution in [0.25, 0.3) is 0 Å². The lowest BCUT2D eigenvalue weighted by molar-refractivity contribution is 0.105. The maximum atomic E-state index is 11.1. The van der Waals surface area contributed by atoms with Gasteiger partial charge in [-0.15, -0.1) is 0 Å². The summed E-state index contributed by atoms with van der Waals surface area (Å²) in [6.45, 7) is 7.35. The van der Waals surface area contributed by atoms with Crippen LogP contribution in [-0.4, -0.2) is 29.8 Å². The first-order chi connectivity index (χ1) is 5.45. The number of rotatable bonds is 2. The molecule has 0 aliphatic heterocycles. The minimum absolute atomic E-state index is 0.130. The van der Waals surface area contributed by atoms with E-state index in [1.165, 1.54) is 4.90 Å². The molecular formula is C8H16N2O2. The molecule has 0 fully saturated rings. The topological polar surface area (TPSA) is 41.9 Å². The molecule has 4 heteroatoms. The van der Waals surface area contributed by atoms with Crippen molar-refractivity contribution in [2.75, 3.05) is 7.05 Å². The second-order valence-electron chi connectivity index (χ2n) is 3.10. The minimum atomic E-state index is -0.425. The zero-order chi connectivity index (χ0) is 9.72. The molecule has 0 saturated heterocycles. The van der Waals surface area contributed by atoms with Crippen molar-refractivity contribution in [1.29, 1.82) is 0 Å². The Morgan fingerprint density at radius 1 is 1.42 bits per heavy atom. The zero-order valence-corrected chi connectivity index (χ0v) is 8.29. The first kappa shape index (κ1) is 10.9. The van der Waals surface area contributed by atoms with Crippen molar-refractivity contribution in [2.24, 2.45) is 5.16 Å². The van der Waals surface area contributed by atoms with Crippen LogP contribution >= 0.6 is 0 Å². The third-order valence-electron chi connectivity index (χ3n) is 1.37. The molecule has 1 amide bonds. The number of nitrogens with zero attached hydrogens (tertiary/aromatic N) is 2. The van der Waals surface area contributed by atoms with Crippen LogP contribution in [0.3, 0.4) is 0 Å². The lowest BCUT2D eigenvalue weighted by Gasteiger charge is -2.18. The highest BCUT2D eigenvalue weighted by Gasteiger charge is 2.12. The van der Waals surface area contributed by atoms with Crippen molar-refractivity contribution in [3.63, 3.8) is 0 Å². The summed E-state index contributed by atoms with van der Waals surface area (Å²) in [5, 5.41) is 3.55. The summed E-state index contributed by atoms with van der Waals surface area (Å²) in [7, 11) is 1.67. The molecule has 0 bridgehead atoms. The van der Waals surface area contributed by atoms with E-state index in [-0.39, 0.29) is 6.04 Å². The molecular weight excluding hydrogens is 156 g/mol. The van der Waals surface area contributed by atoms with Crippen molar-refractivity contribution in [3.05, 3.63) is 0 Å². The summed E-state index contributed by atoms with van der Waals surface area (Å²) in [4.78, 5) is 17.2. The Bertz CT molecular complexity index is 183. The molecule has 0 aliphatic rings. The molecule has 0 N–H and O–H groups in total. The molecule has 0 aromatic heterocycles. The van der Waals surface area contributed by atoms with Crippen LogP contribution in [0, 0.1) is 0 Å². The molecule has 70 valence electrons. The Morgan fingerprint density at radius 3 is 2.25 bits per heavy atom. The van der Waals surface area contributed by atoms with Gasteiger partial charge in [0.1, 0.15) is 0 Å². The van der Waals surface area contributed by atoms with Gasteiger partial charge in [-0.25, -0.2) is 4.79 Å². The lowest BCUT2D eigenvalue weighted by Crippen LogP contribution is -2.32. The van der Waals surface area contributed by atoms with Gasteiger partial charge in [0, 0.05) is 13.1 Å². The fourth-order valence-electron chi connectivity index (χ4n) is 0.406. The van der Waals surface area contributed by atoms with Crippen LogP contribution in [0.4, 0.5) is 4.79 Å². The second-order valence-corrected chi connectivity index (χ2v) is 3.10. The molecule has 0 atom stereocenters. The van der Waals surface area contributed by atoms with Gasteiger partial charge in [-0.1, -0.05) is 5.16 Å². The Hall–Kier alpha value is -1.06. The van der Waals surface area contributed by atoms with E-state index in [1.807, 2.05) is 13.8 Å². The van der Waals surface area contributed by atoms with Crippen LogP contribution in [0.15, 0.2) is 5.16 Å². The quantitative estimate of drug-likeness (QED) is 0.362. The highest BCUT2D eigenvalue weighted by atomic mass is 16.7. The van der Waals surface area contributed by atoms with Gasteiger partial charge in [0.25, 0.3) is 0 Å². The fourth-order valence-corrected chi connectivity index (χ4v) is 0.406. The molecule has 4 nitrogen and oxygen atoms in total. The third kappa shape index (κ3) is 3.95. The van der Waals surface area contributed by atoms with Gasteiger partial charge in [-0.05, 0) is 27.7 Å². The van der Waals surface area contributed by atoms with Gasteiger partial charge in [-0.3, -0.25) is 4.84 Å². The minimum Gasteiger partial charge on any atom is -0.307 e. The maximum Gasteiger partial charge on any atom is 0.435 e. The first-order valence-corrected chi connectivity index (χ1v) is 3.90. The predicted octanol–water partition coefficient (Wildman–Crippen LogP) is 1.86. The molecule has 0 aliphatic carbocycles. The molecule has 12 heavy (non-hydrogen) atoms. The summed E-state index contributed by atoms with van der Waals surface area (Å²) < 4.78 is 0. The van der Waals surface area contributed by atoms with Gasteiger partial charge in [0.15, 0.2) is 0 Å². The van der Waals surface area contributed by atoms with Gasteiger partial charge in [-0.2, -0.15) is 0 Å². The zero-order valence-electron chi connectivity index (χ0n) is 8.29. The molecule has 0 aromatic rings. The lowest BCUT2D eigenvalue weighted by atomic mass is 10.4. The molecule has 0 spiro atoms. The van der Waals surface area contributed by atoms with Crippen molar-refractivity contribution in [1.82, 2.24) is 4.90 Å². The van der Waals surface area contributed by atoms with E-state index in [2.05, 4.69) is 9.99 Å². The van der Waals surface area contributed by atoms with Crippen LogP contribution in [0.2, 0.25) is 0 Å². The molecule has 0 rings (SSSR count). The molecule has 0 radical (unpaired) electrons. The average molecular weight is 172 g/mol. The maximum absolute atomic E-state index is 11.1. The van der Waals surface area contributed by atoms with Crippen molar-refractivity contribution in [3.8, 4) is 0 Å². The van der Waals surface area contributed by atoms with Gasteiger partial charge in [0.2, 0.25) is 0 Å². The van der Waals surface area contributed by atoms with E-state index >= 15 is 0 Å². The number of hydrogen-bond acceptors (Lipinski definition) is 3. The second kappa shape index (κ2) is 4.74. The van der Waals surface area contributed by atoms with E-state index in [1.54, 1.807) is 20.9 Å². The Kier molecular flexibility index (Phi) is 4.33. The number of oxime groups is 1. The van der Waals surface area contributed by atoms with Crippen molar-refractivity contribution in [2.45, 2.75) is 33.7 Å². The smallest absolute Gasteiger partial charge is 0.307 e. The Labute approximate surface area is 73.2 Å². The largest absolute Gasteiger partial charge is 0.435 e. The summed E-state index contributed by atoms with van der Waals surface area (Å²) in [6, 6.07) is 0.130. The van der Waals surface area contributed by atoms with E-state index in [0.29, 0.717) is 0 Å². The average Bonchev–Trinajstić information content (AvgIpc) is 1.98. The summed E-state index contributed by atoms with van der Waals surface area (Å²) >= 11 is 0. The molecule has 0 heterocycles. The third-order valence-corrected chi connectivity index (χ3v) is 1.37. The molecule has 0 saturated carbocycles. The van der Waals surface area contributed by atoms with E-state index in [4.69, 9.17) is 0 Å². The highest BCUT2D eigenvalue weighted by Crippen LogP contribution is 1.97. The van der Waals surface area contributed by atoms with Crippen molar-refractivity contribution >= 4 is 11.8 Å². The fraction of sp³-hybridized carbons (Fsp3) is 0.750. The van der Waals surface area contributed by atoms with E-state index in [9.17, 15) is 4.79 Å². The van der Waals surface area contributed by atoms with Gasteiger partial charge < -0.3 is 4.90 Å². The van der Waals surface area contributed by atoms with Crippen LogP contribution in [0.5, 0.6) is 0 Å². The number of carbonyl (C=O) groups is 1. The number of hydrogen-bond donors (Lipinski definition) is 0. The standard InChI is InChI=1S/C8H16N2O2/c1-6(2)9-12-8(11)10(5)7(3)4/h7H,1-5H3. The summed E-state index contributed by atoms with van der Waals surface area (Å²) in [5.41, 5.74) is 0.723. The molecule has 0 aromatic carbocycles. The normalized spacial score (nSPS) is 9.50. The van der Waals surface area contributed by atoms with E-state index in [0.717, 1.165) is 5.71 Å². The summed E-state index contributed by atoms with van der Waals surface area (Å²) in [6.07, 6.45) is -0.425. The van der Waals surface area contributed by atoms with E-state index < -0.39 is 6.09 Å². The van der Waals surface area contributed by atoms with Crippen LogP contribution in [-0.2, 0) is 4.84 Å². The first-order valence-electron chi connectivity index (χ1n) is 3.90. The van der Waals surface area contributed by atoms with Gasteiger partial charge >= 0.3 is 6.09 Å². The Balaban J connectivity index is 3.97. The molecule has 0 unspecified atom stereocenters. The number of amides is 1. The van der Waals surface area contributed by atoms with Crippen molar-refractivity contribution < 1.29 is 9.63 Å². The predicted molar refractivity (Wildman–Crippen MR) is 48.2 cm³/mol. The highest BCUT2D eigenvalue weighted by molar-refractivity contribution is 5.79. The number of carbonyl (C=O) groups excluding carboxylic acids is 1. The van der Waals surface area contributed by atoms with Crippen LogP contribution < -0.4 is 0 Å². The van der Waals surface area contributed by atoms with Gasteiger partial charge in [0.05, 0.1) is 5.71 Å². The monoisotopic (exact) mass is 172 g/mol. The van der Waals surface area contributed by atoms with Crippen LogP contribution in [0.1, 0.15) is 27.7 Å². The summed E-state index contributed by atoms with van der Waals surface area (Å²) in [5.74, 6) is 0. The Morgan fingerprint density at radius 2 is 1.92 bits per heavy atom. The SMILES string of the molecule is CC(C)=NOC(=O)N(C)C(C)C.